The predicted octanol–water partition coefficient (Wildman–Crippen LogP) is 6.69. The van der Waals surface area contributed by atoms with Crippen LogP contribution in [-0.4, -0.2) is 8.07 Å². The van der Waals surface area contributed by atoms with E-state index in [4.69, 9.17) is 0 Å². The zero-order valence-electron chi connectivity index (χ0n) is 21.4. The molecule has 38 heavy (non-hydrogen) atoms. The van der Waals surface area contributed by atoms with E-state index in [1.807, 2.05) is 0 Å². The summed E-state index contributed by atoms with van der Waals surface area (Å²) < 4.78 is 0. The van der Waals surface area contributed by atoms with Gasteiger partial charge in [-0.2, -0.15) is 0 Å². The van der Waals surface area contributed by atoms with Crippen molar-refractivity contribution in [2.24, 2.45) is 0 Å². The molecule has 0 fully saturated rings. The van der Waals surface area contributed by atoms with Crippen molar-refractivity contribution in [1.29, 1.82) is 0 Å². The highest BCUT2D eigenvalue weighted by molar-refractivity contribution is 7.21. The molecule has 6 aromatic rings. The highest BCUT2D eigenvalue weighted by Crippen LogP contribution is 2.41. The Balaban J connectivity index is 1.79. The highest BCUT2D eigenvalue weighted by Gasteiger charge is 2.45. The summed E-state index contributed by atoms with van der Waals surface area (Å²) in [5, 5.41) is 5.67. The van der Waals surface area contributed by atoms with Crippen molar-refractivity contribution in [2.45, 2.75) is 6.92 Å². The Morgan fingerprint density at radius 2 is 0.763 bits per heavy atom. The summed E-state index contributed by atoms with van der Waals surface area (Å²) >= 11 is 0. The molecule has 180 valence electrons. The molecule has 0 aliphatic carbocycles. The van der Waals surface area contributed by atoms with Crippen LogP contribution in [0.5, 0.6) is 0 Å². The number of rotatable bonds is 2. The van der Waals surface area contributed by atoms with Crippen LogP contribution in [0.25, 0.3) is 33.4 Å². The molecular weight excluding hydrogens is 472 g/mol. The van der Waals surface area contributed by atoms with Crippen molar-refractivity contribution >= 4 is 28.8 Å². The van der Waals surface area contributed by atoms with Gasteiger partial charge < -0.3 is 0 Å². The Morgan fingerprint density at radius 3 is 1.34 bits per heavy atom. The average Bonchev–Trinajstić information content (AvgIpc) is 3.03. The van der Waals surface area contributed by atoms with Crippen LogP contribution in [0, 0.1) is 6.92 Å². The Morgan fingerprint density at radius 1 is 0.342 bits per heavy atom. The van der Waals surface area contributed by atoms with E-state index in [2.05, 4.69) is 159 Å². The molecule has 0 saturated carbocycles. The number of aryl methyl sites for hydroxylation is 1. The third-order valence-electron chi connectivity index (χ3n) is 8.13. The fourth-order valence-electron chi connectivity index (χ4n) is 6.59. The fraction of sp³-hybridized carbons (Fsp3) is 0.0270. The van der Waals surface area contributed by atoms with Crippen LogP contribution in [0.2, 0.25) is 0 Å². The van der Waals surface area contributed by atoms with Crippen molar-refractivity contribution in [3.05, 3.63) is 157 Å². The van der Waals surface area contributed by atoms with Crippen molar-refractivity contribution in [3.63, 3.8) is 0 Å². The summed E-state index contributed by atoms with van der Waals surface area (Å²) in [7, 11) is -2.75. The molecule has 0 N–H and O–H groups in total. The van der Waals surface area contributed by atoms with Gasteiger partial charge in [-0.1, -0.05) is 152 Å². The van der Waals surface area contributed by atoms with Crippen LogP contribution >= 0.6 is 0 Å². The Bertz CT molecular complexity index is 1730. The van der Waals surface area contributed by atoms with E-state index in [0.29, 0.717) is 0 Å². The molecule has 0 amide bonds. The van der Waals surface area contributed by atoms with E-state index < -0.39 is 8.07 Å². The summed E-state index contributed by atoms with van der Waals surface area (Å²) in [6, 6.07) is 56.6. The van der Waals surface area contributed by atoms with E-state index in [1.165, 1.54) is 59.7 Å². The van der Waals surface area contributed by atoms with Gasteiger partial charge in [0.15, 0.2) is 8.07 Å². The van der Waals surface area contributed by atoms with Crippen LogP contribution in [0.1, 0.15) is 5.56 Å². The third kappa shape index (κ3) is 3.29. The minimum atomic E-state index is -2.75. The minimum absolute atomic E-state index is 1.30. The number of benzene rings is 6. The van der Waals surface area contributed by atoms with E-state index >= 15 is 0 Å². The molecule has 0 nitrogen and oxygen atoms in total. The molecule has 0 atom stereocenters. The van der Waals surface area contributed by atoms with Gasteiger partial charge in [-0.25, -0.2) is 0 Å². The van der Waals surface area contributed by atoms with Gasteiger partial charge in [-0.05, 0) is 66.6 Å². The number of hydrogen-bond donors (Lipinski definition) is 0. The Kier molecular flexibility index (Phi) is 5.46. The zero-order valence-corrected chi connectivity index (χ0v) is 22.4. The molecule has 0 saturated heterocycles. The molecule has 7 rings (SSSR count). The number of fused-ring (bicyclic) bond motifs is 7. The largest absolute Gasteiger partial charge is 0.180 e. The van der Waals surface area contributed by atoms with E-state index in [0.717, 1.165) is 0 Å². The molecule has 0 aromatic heterocycles. The topological polar surface area (TPSA) is 0 Å². The van der Waals surface area contributed by atoms with E-state index in [1.54, 1.807) is 0 Å². The average molecular weight is 501 g/mol. The third-order valence-corrected chi connectivity index (χ3v) is 13.0. The first-order chi connectivity index (χ1) is 18.8. The van der Waals surface area contributed by atoms with Gasteiger partial charge in [0.1, 0.15) is 0 Å². The van der Waals surface area contributed by atoms with Gasteiger partial charge in [0.2, 0.25) is 0 Å². The monoisotopic (exact) mass is 500 g/mol. The molecule has 1 aliphatic heterocycles. The molecule has 0 spiro atoms. The van der Waals surface area contributed by atoms with Gasteiger partial charge >= 0.3 is 0 Å². The smallest absolute Gasteiger partial charge is 0.0623 e. The van der Waals surface area contributed by atoms with Gasteiger partial charge in [-0.3, -0.25) is 0 Å². The maximum absolute atomic E-state index is 2.75. The summed E-state index contributed by atoms with van der Waals surface area (Å²) in [4.78, 5) is 0. The lowest BCUT2D eigenvalue weighted by molar-refractivity contribution is 1.45. The fourth-order valence-corrected chi connectivity index (χ4v) is 11.8. The quantitative estimate of drug-likeness (QED) is 0.232. The Labute approximate surface area is 225 Å². The summed E-state index contributed by atoms with van der Waals surface area (Å²) in [5.41, 5.74) is 9.20. The lowest BCUT2D eigenvalue weighted by Crippen LogP contribution is -2.75. The molecule has 1 heteroatoms. The first-order valence-electron chi connectivity index (χ1n) is 13.3. The zero-order chi connectivity index (χ0) is 25.5. The molecule has 6 aromatic carbocycles. The van der Waals surface area contributed by atoms with Gasteiger partial charge in [-0.15, -0.1) is 0 Å². The molecule has 0 unspecified atom stereocenters. The van der Waals surface area contributed by atoms with E-state index in [-0.39, 0.29) is 0 Å². The molecule has 1 heterocycles. The van der Waals surface area contributed by atoms with Crippen LogP contribution < -0.4 is 20.7 Å². The van der Waals surface area contributed by atoms with Crippen LogP contribution in [-0.2, 0) is 0 Å². The lowest BCUT2D eigenvalue weighted by atomic mass is 9.87. The van der Waals surface area contributed by atoms with Crippen molar-refractivity contribution < 1.29 is 0 Å². The van der Waals surface area contributed by atoms with Crippen LogP contribution in [0.15, 0.2) is 152 Å². The first kappa shape index (κ1) is 22.7. The molecular formula is C37H28Si. The Hall–Kier alpha value is -4.46. The summed E-state index contributed by atoms with van der Waals surface area (Å²) in [6.45, 7) is 2.25. The normalized spacial score (nSPS) is 13.1. The second kappa shape index (κ2) is 9.13. The highest BCUT2D eigenvalue weighted by atomic mass is 28.3. The second-order valence-corrected chi connectivity index (χ2v) is 13.8. The van der Waals surface area contributed by atoms with Gasteiger partial charge in [0, 0.05) is 0 Å². The van der Waals surface area contributed by atoms with Crippen LogP contribution in [0.4, 0.5) is 0 Å². The predicted molar refractivity (Wildman–Crippen MR) is 165 cm³/mol. The van der Waals surface area contributed by atoms with Crippen molar-refractivity contribution in [2.75, 3.05) is 0 Å². The first-order valence-corrected chi connectivity index (χ1v) is 15.3. The van der Waals surface area contributed by atoms with Crippen molar-refractivity contribution in [1.82, 2.24) is 0 Å². The molecule has 0 bridgehead atoms. The van der Waals surface area contributed by atoms with E-state index in [9.17, 15) is 0 Å². The maximum Gasteiger partial charge on any atom is 0.180 e. The van der Waals surface area contributed by atoms with Crippen molar-refractivity contribution in [3.8, 4) is 33.4 Å². The SMILES string of the molecule is Cc1cccc2c1-c1ccccc1-c1ccccc1[Si](c1ccccc1)(c1ccccc1)c1ccccc1-2. The summed E-state index contributed by atoms with van der Waals surface area (Å²) in [6.07, 6.45) is 0. The standard InChI is InChI=1S/C37H28Si/c1-27-15-14-24-34-32-22-11-13-26-36(32)38(28-16-4-2-5-17-28,29-18-6-3-7-19-29)35-25-12-10-21-31(35)30-20-8-9-23-33(30)37(27)34/h2-26H,1H3. The summed E-state index contributed by atoms with van der Waals surface area (Å²) in [5.74, 6) is 0. The van der Waals surface area contributed by atoms with Crippen LogP contribution in [0.3, 0.4) is 0 Å². The number of hydrogen-bond acceptors (Lipinski definition) is 0. The maximum atomic E-state index is 2.40. The second-order valence-electron chi connectivity index (χ2n) is 10.1. The molecule has 1 aliphatic rings. The lowest BCUT2D eigenvalue weighted by Gasteiger charge is -2.37. The van der Waals surface area contributed by atoms with Gasteiger partial charge in [0.25, 0.3) is 0 Å². The minimum Gasteiger partial charge on any atom is -0.0623 e. The molecule has 0 radical (unpaired) electrons. The van der Waals surface area contributed by atoms with Gasteiger partial charge in [0.05, 0.1) is 0 Å².